The highest BCUT2D eigenvalue weighted by atomic mass is 16.3. The predicted molar refractivity (Wildman–Crippen MR) is 52.4 cm³/mol. The first-order valence-electron chi connectivity index (χ1n) is 4.51. The minimum atomic E-state index is -1.13. The number of aliphatic hydroxyl groups is 3. The van der Waals surface area contributed by atoms with Crippen molar-refractivity contribution in [2.45, 2.75) is 51.4 Å². The van der Waals surface area contributed by atoms with Crippen molar-refractivity contribution in [2.75, 3.05) is 0 Å². The van der Waals surface area contributed by atoms with Gasteiger partial charge in [0.15, 0.2) is 0 Å². The minimum Gasteiger partial charge on any atom is -0.390 e. The van der Waals surface area contributed by atoms with E-state index in [-0.39, 0.29) is 0 Å². The summed E-state index contributed by atoms with van der Waals surface area (Å²) in [5.74, 6) is 0. The normalized spacial score (nSPS) is 20.5. The Kier molecular flexibility index (Phi) is 4.61. The Bertz CT molecular complexity index is 173. The van der Waals surface area contributed by atoms with Gasteiger partial charge in [-0.25, -0.2) is 0 Å². The molecule has 3 heteroatoms. The van der Waals surface area contributed by atoms with Gasteiger partial charge in [-0.2, -0.15) is 0 Å². The molecule has 0 bridgehead atoms. The van der Waals surface area contributed by atoms with Gasteiger partial charge in [0.25, 0.3) is 0 Å². The van der Waals surface area contributed by atoms with E-state index >= 15 is 0 Å². The Morgan fingerprint density at radius 3 is 2.23 bits per heavy atom. The highest BCUT2D eigenvalue weighted by Crippen LogP contribution is 2.19. The molecule has 0 aromatic carbocycles. The van der Waals surface area contributed by atoms with Crippen molar-refractivity contribution in [3.05, 3.63) is 12.2 Å². The molecule has 3 unspecified atom stereocenters. The summed E-state index contributed by atoms with van der Waals surface area (Å²) >= 11 is 0. The van der Waals surface area contributed by atoms with Crippen molar-refractivity contribution in [3.8, 4) is 0 Å². The van der Waals surface area contributed by atoms with Crippen LogP contribution in [0.2, 0.25) is 0 Å². The van der Waals surface area contributed by atoms with Crippen molar-refractivity contribution >= 4 is 0 Å². The third kappa shape index (κ3) is 4.41. The maximum Gasteiger partial charge on any atom is 0.0875 e. The highest BCUT2D eigenvalue weighted by Gasteiger charge is 2.27. The van der Waals surface area contributed by atoms with Crippen LogP contribution in [0.25, 0.3) is 0 Å². The maximum absolute atomic E-state index is 9.63. The Balaban J connectivity index is 3.95. The van der Waals surface area contributed by atoms with Crippen molar-refractivity contribution in [1.29, 1.82) is 0 Å². The van der Waals surface area contributed by atoms with Crippen LogP contribution >= 0.6 is 0 Å². The molecule has 78 valence electrons. The number of aliphatic hydroxyl groups excluding tert-OH is 2. The molecule has 0 fully saturated rings. The van der Waals surface area contributed by atoms with Crippen LogP contribution in [-0.4, -0.2) is 33.1 Å². The molecule has 3 atom stereocenters. The quantitative estimate of drug-likeness (QED) is 0.560. The highest BCUT2D eigenvalue weighted by molar-refractivity contribution is 4.97. The number of hydrogen-bond donors (Lipinski definition) is 3. The molecule has 0 aromatic rings. The molecular formula is C10H20O3. The lowest BCUT2D eigenvalue weighted by atomic mass is 9.92. The Labute approximate surface area is 79.7 Å². The van der Waals surface area contributed by atoms with Crippen LogP contribution in [0.4, 0.5) is 0 Å². The lowest BCUT2D eigenvalue weighted by molar-refractivity contribution is -0.0628. The van der Waals surface area contributed by atoms with Crippen LogP contribution in [0.1, 0.15) is 33.6 Å². The van der Waals surface area contributed by atoms with E-state index in [1.54, 1.807) is 13.8 Å². The van der Waals surface area contributed by atoms with E-state index in [0.29, 0.717) is 18.4 Å². The smallest absolute Gasteiger partial charge is 0.0875 e. The van der Waals surface area contributed by atoms with Gasteiger partial charge in [-0.05, 0) is 33.6 Å². The van der Waals surface area contributed by atoms with Crippen LogP contribution < -0.4 is 0 Å². The molecule has 0 aromatic heterocycles. The summed E-state index contributed by atoms with van der Waals surface area (Å²) in [7, 11) is 0. The second-order valence-corrected chi connectivity index (χ2v) is 3.93. The SMILES string of the molecule is C=C(C)C(O)CCC(C)(O)C(C)O. The molecule has 0 saturated heterocycles. The van der Waals surface area contributed by atoms with E-state index in [2.05, 4.69) is 6.58 Å². The molecule has 0 radical (unpaired) electrons. The van der Waals surface area contributed by atoms with Gasteiger partial charge in [-0.15, -0.1) is 0 Å². The fourth-order valence-electron chi connectivity index (χ4n) is 0.884. The molecule has 0 spiro atoms. The molecule has 0 rings (SSSR count). The zero-order valence-corrected chi connectivity index (χ0v) is 8.62. The topological polar surface area (TPSA) is 60.7 Å². The first kappa shape index (κ1) is 12.6. The van der Waals surface area contributed by atoms with E-state index < -0.39 is 17.8 Å². The predicted octanol–water partition coefficient (Wildman–Crippen LogP) is 0.835. The molecule has 0 aliphatic rings. The fourth-order valence-corrected chi connectivity index (χ4v) is 0.884. The molecular weight excluding hydrogens is 168 g/mol. The third-order valence-corrected chi connectivity index (χ3v) is 2.39. The minimum absolute atomic E-state index is 0.360. The molecule has 0 aliphatic carbocycles. The van der Waals surface area contributed by atoms with Gasteiger partial charge < -0.3 is 15.3 Å². The summed E-state index contributed by atoms with van der Waals surface area (Å²) in [5, 5.41) is 28.2. The molecule has 0 aliphatic heterocycles. The number of rotatable bonds is 5. The van der Waals surface area contributed by atoms with Gasteiger partial charge in [-0.3, -0.25) is 0 Å². The summed E-state index contributed by atoms with van der Waals surface area (Å²) in [4.78, 5) is 0. The van der Waals surface area contributed by atoms with Gasteiger partial charge in [0.05, 0.1) is 17.8 Å². The maximum atomic E-state index is 9.63. The van der Waals surface area contributed by atoms with E-state index in [1.165, 1.54) is 6.92 Å². The van der Waals surface area contributed by atoms with Gasteiger partial charge >= 0.3 is 0 Å². The van der Waals surface area contributed by atoms with Crippen LogP contribution in [-0.2, 0) is 0 Å². The molecule has 0 saturated carbocycles. The Morgan fingerprint density at radius 1 is 1.46 bits per heavy atom. The molecule has 0 heterocycles. The van der Waals surface area contributed by atoms with Gasteiger partial charge in [0.2, 0.25) is 0 Å². The van der Waals surface area contributed by atoms with Gasteiger partial charge in [0.1, 0.15) is 0 Å². The Morgan fingerprint density at radius 2 is 1.92 bits per heavy atom. The van der Waals surface area contributed by atoms with Crippen LogP contribution in [0.3, 0.4) is 0 Å². The van der Waals surface area contributed by atoms with E-state index in [0.717, 1.165) is 0 Å². The number of hydrogen-bond acceptors (Lipinski definition) is 3. The molecule has 13 heavy (non-hydrogen) atoms. The molecule has 3 nitrogen and oxygen atoms in total. The van der Waals surface area contributed by atoms with E-state index in [4.69, 9.17) is 0 Å². The van der Waals surface area contributed by atoms with Crippen LogP contribution in [0.5, 0.6) is 0 Å². The van der Waals surface area contributed by atoms with Crippen molar-refractivity contribution in [3.63, 3.8) is 0 Å². The monoisotopic (exact) mass is 188 g/mol. The molecule has 0 amide bonds. The first-order chi connectivity index (χ1) is 5.77. The first-order valence-corrected chi connectivity index (χ1v) is 4.51. The zero-order valence-electron chi connectivity index (χ0n) is 8.62. The average molecular weight is 188 g/mol. The standard InChI is InChI=1S/C10H20O3/c1-7(2)9(12)5-6-10(4,13)8(3)11/h8-9,11-13H,1,5-6H2,2-4H3. The summed E-state index contributed by atoms with van der Waals surface area (Å²) in [5.41, 5.74) is -0.447. The Hall–Kier alpha value is -0.380. The lowest BCUT2D eigenvalue weighted by Gasteiger charge is -2.27. The zero-order chi connectivity index (χ0) is 10.6. The third-order valence-electron chi connectivity index (χ3n) is 2.39. The second kappa shape index (κ2) is 4.74. The summed E-state index contributed by atoms with van der Waals surface area (Å²) < 4.78 is 0. The van der Waals surface area contributed by atoms with Crippen LogP contribution in [0.15, 0.2) is 12.2 Å². The van der Waals surface area contributed by atoms with Gasteiger partial charge in [0, 0.05) is 0 Å². The summed E-state index contributed by atoms with van der Waals surface area (Å²) in [6, 6.07) is 0. The second-order valence-electron chi connectivity index (χ2n) is 3.93. The molecule has 3 N–H and O–H groups in total. The van der Waals surface area contributed by atoms with Crippen molar-refractivity contribution < 1.29 is 15.3 Å². The van der Waals surface area contributed by atoms with Crippen molar-refractivity contribution in [1.82, 2.24) is 0 Å². The summed E-state index contributed by atoms with van der Waals surface area (Å²) in [6.07, 6.45) is -0.596. The van der Waals surface area contributed by atoms with Crippen LogP contribution in [0, 0.1) is 0 Å². The average Bonchev–Trinajstić information content (AvgIpc) is 1.99. The van der Waals surface area contributed by atoms with Crippen molar-refractivity contribution in [2.24, 2.45) is 0 Å². The van der Waals surface area contributed by atoms with Gasteiger partial charge in [-0.1, -0.05) is 12.2 Å². The van der Waals surface area contributed by atoms with E-state index in [9.17, 15) is 15.3 Å². The fraction of sp³-hybridized carbons (Fsp3) is 0.800. The largest absolute Gasteiger partial charge is 0.390 e. The summed E-state index contributed by atoms with van der Waals surface area (Å²) in [6.45, 7) is 8.44. The van der Waals surface area contributed by atoms with E-state index in [1.807, 2.05) is 0 Å². The lowest BCUT2D eigenvalue weighted by Crippen LogP contribution is -2.37.